The number of nitrogens with one attached hydrogen (secondary N) is 2. The van der Waals surface area contributed by atoms with E-state index in [2.05, 4.69) is 15.6 Å². The van der Waals surface area contributed by atoms with E-state index in [0.717, 1.165) is 63.7 Å². The number of nitrogens with zero attached hydrogens (tertiary/aromatic N) is 1. The number of thiophene rings is 1. The van der Waals surface area contributed by atoms with Gasteiger partial charge < -0.3 is 25.2 Å². The summed E-state index contributed by atoms with van der Waals surface area (Å²) < 4.78 is 11.2. The van der Waals surface area contributed by atoms with Gasteiger partial charge in [0.15, 0.2) is 5.96 Å². The standard InChI is InChI=1S/C18H31N3O3S/c1-3-19-17(21-14-18(2,22)15-7-12-25-13-15)20-8-4-9-24-16-5-10-23-11-6-16/h7,12-13,16,22H,3-6,8-11,14H2,1-2H3,(H2,19,20,21). The molecule has 1 aromatic rings. The van der Waals surface area contributed by atoms with Crippen molar-refractivity contribution in [3.8, 4) is 0 Å². The van der Waals surface area contributed by atoms with Crippen molar-refractivity contribution in [3.05, 3.63) is 22.4 Å². The molecule has 7 heteroatoms. The third kappa shape index (κ3) is 7.32. The van der Waals surface area contributed by atoms with Crippen molar-refractivity contribution in [2.24, 2.45) is 4.99 Å². The van der Waals surface area contributed by atoms with Crippen molar-refractivity contribution in [1.82, 2.24) is 10.6 Å². The number of hydrogen-bond acceptors (Lipinski definition) is 5. The normalized spacial score (nSPS) is 18.8. The molecule has 0 bridgehead atoms. The fourth-order valence-electron chi connectivity index (χ4n) is 2.61. The lowest BCUT2D eigenvalue weighted by molar-refractivity contribution is -0.0320. The molecule has 142 valence electrons. The molecule has 3 N–H and O–H groups in total. The van der Waals surface area contributed by atoms with E-state index < -0.39 is 5.60 Å². The van der Waals surface area contributed by atoms with E-state index in [1.54, 1.807) is 18.3 Å². The number of hydrogen-bond donors (Lipinski definition) is 3. The molecular weight excluding hydrogens is 338 g/mol. The van der Waals surface area contributed by atoms with Gasteiger partial charge in [0.2, 0.25) is 0 Å². The Kier molecular flexibility index (Phi) is 8.67. The molecule has 1 aromatic heterocycles. The number of rotatable bonds is 9. The van der Waals surface area contributed by atoms with Crippen LogP contribution in [0.3, 0.4) is 0 Å². The maximum absolute atomic E-state index is 10.6. The van der Waals surface area contributed by atoms with Gasteiger partial charge in [0.25, 0.3) is 0 Å². The topological polar surface area (TPSA) is 75.1 Å². The van der Waals surface area contributed by atoms with Gasteiger partial charge in [0.05, 0.1) is 12.6 Å². The average Bonchev–Trinajstić information content (AvgIpc) is 3.16. The molecule has 2 heterocycles. The molecule has 25 heavy (non-hydrogen) atoms. The van der Waals surface area contributed by atoms with Gasteiger partial charge in [-0.05, 0) is 55.5 Å². The summed E-state index contributed by atoms with van der Waals surface area (Å²) in [4.78, 5) is 4.52. The van der Waals surface area contributed by atoms with E-state index in [-0.39, 0.29) is 0 Å². The third-order valence-corrected chi connectivity index (χ3v) is 4.85. The molecule has 0 aliphatic carbocycles. The molecule has 1 unspecified atom stereocenters. The second-order valence-corrected chi connectivity index (χ2v) is 7.22. The summed E-state index contributed by atoms with van der Waals surface area (Å²) in [6.45, 7) is 8.07. The highest BCUT2D eigenvalue weighted by Gasteiger charge is 2.23. The van der Waals surface area contributed by atoms with Crippen LogP contribution in [0.5, 0.6) is 0 Å². The first-order valence-electron chi connectivity index (χ1n) is 9.08. The van der Waals surface area contributed by atoms with E-state index in [1.165, 1.54) is 0 Å². The molecule has 6 nitrogen and oxygen atoms in total. The molecular formula is C18H31N3O3S. The van der Waals surface area contributed by atoms with Crippen molar-refractivity contribution >= 4 is 17.3 Å². The average molecular weight is 370 g/mol. The van der Waals surface area contributed by atoms with E-state index in [0.29, 0.717) is 12.6 Å². The molecule has 0 aromatic carbocycles. The molecule has 1 fully saturated rings. The van der Waals surface area contributed by atoms with Crippen molar-refractivity contribution < 1.29 is 14.6 Å². The van der Waals surface area contributed by atoms with Gasteiger partial charge >= 0.3 is 0 Å². The van der Waals surface area contributed by atoms with E-state index >= 15 is 0 Å². The van der Waals surface area contributed by atoms with E-state index in [9.17, 15) is 5.11 Å². The summed E-state index contributed by atoms with van der Waals surface area (Å²) >= 11 is 1.58. The summed E-state index contributed by atoms with van der Waals surface area (Å²) in [5, 5.41) is 21.0. The van der Waals surface area contributed by atoms with Gasteiger partial charge in [-0.15, -0.1) is 0 Å². The quantitative estimate of drug-likeness (QED) is 0.353. The number of guanidine groups is 1. The molecule has 1 aliphatic heterocycles. The Labute approximate surface area is 154 Å². The highest BCUT2D eigenvalue weighted by atomic mass is 32.1. The summed E-state index contributed by atoms with van der Waals surface area (Å²) in [6.07, 6.45) is 3.25. The maximum atomic E-state index is 10.6. The molecule has 0 spiro atoms. The van der Waals surface area contributed by atoms with Gasteiger partial charge in [0.1, 0.15) is 5.60 Å². The van der Waals surface area contributed by atoms with Crippen LogP contribution in [0.25, 0.3) is 0 Å². The van der Waals surface area contributed by atoms with Crippen molar-refractivity contribution in [1.29, 1.82) is 0 Å². The Balaban J connectivity index is 1.70. The SMILES string of the molecule is CCNC(=NCC(C)(O)c1ccsc1)NCCCOC1CCOCC1. The smallest absolute Gasteiger partial charge is 0.191 e. The lowest BCUT2D eigenvalue weighted by Gasteiger charge is -2.22. The minimum Gasteiger partial charge on any atom is -0.383 e. The highest BCUT2D eigenvalue weighted by Crippen LogP contribution is 2.23. The second-order valence-electron chi connectivity index (χ2n) is 6.44. The zero-order valence-electron chi connectivity index (χ0n) is 15.3. The lowest BCUT2D eigenvalue weighted by atomic mass is 10.00. The van der Waals surface area contributed by atoms with Crippen molar-refractivity contribution in [3.63, 3.8) is 0 Å². The van der Waals surface area contributed by atoms with Crippen LogP contribution in [-0.4, -0.2) is 56.6 Å². The molecule has 0 radical (unpaired) electrons. The molecule has 1 atom stereocenters. The monoisotopic (exact) mass is 369 g/mol. The first-order chi connectivity index (χ1) is 12.1. The van der Waals surface area contributed by atoms with Crippen LogP contribution >= 0.6 is 11.3 Å². The molecule has 0 saturated carbocycles. The Morgan fingerprint density at radius 1 is 1.44 bits per heavy atom. The first-order valence-corrected chi connectivity index (χ1v) is 10.0. The maximum Gasteiger partial charge on any atom is 0.191 e. The predicted molar refractivity (Wildman–Crippen MR) is 102 cm³/mol. The number of ether oxygens (including phenoxy) is 2. The van der Waals surface area contributed by atoms with Gasteiger partial charge in [-0.25, -0.2) is 4.99 Å². The zero-order valence-corrected chi connectivity index (χ0v) is 16.1. The van der Waals surface area contributed by atoms with Crippen LogP contribution in [-0.2, 0) is 15.1 Å². The van der Waals surface area contributed by atoms with Crippen molar-refractivity contribution in [2.45, 2.75) is 44.8 Å². The largest absolute Gasteiger partial charge is 0.383 e. The number of aliphatic hydroxyl groups is 1. The van der Waals surface area contributed by atoms with Crippen LogP contribution in [0.4, 0.5) is 0 Å². The van der Waals surface area contributed by atoms with E-state index in [4.69, 9.17) is 9.47 Å². The fourth-order valence-corrected chi connectivity index (χ4v) is 3.39. The number of aliphatic imine (C=N–C) groups is 1. The van der Waals surface area contributed by atoms with E-state index in [1.807, 2.05) is 23.8 Å². The van der Waals surface area contributed by atoms with Crippen LogP contribution in [0.1, 0.15) is 38.7 Å². The van der Waals surface area contributed by atoms with Crippen LogP contribution in [0, 0.1) is 0 Å². The highest BCUT2D eigenvalue weighted by molar-refractivity contribution is 7.08. The van der Waals surface area contributed by atoms with Crippen LogP contribution < -0.4 is 10.6 Å². The lowest BCUT2D eigenvalue weighted by Crippen LogP contribution is -2.39. The van der Waals surface area contributed by atoms with Gasteiger partial charge in [-0.1, -0.05) is 0 Å². The van der Waals surface area contributed by atoms with Crippen molar-refractivity contribution in [2.75, 3.05) is 39.5 Å². The van der Waals surface area contributed by atoms with Crippen LogP contribution in [0.15, 0.2) is 21.8 Å². The third-order valence-electron chi connectivity index (χ3n) is 4.17. The second kappa shape index (κ2) is 10.8. The predicted octanol–water partition coefficient (Wildman–Crippen LogP) is 2.10. The van der Waals surface area contributed by atoms with Gasteiger partial charge in [-0.2, -0.15) is 11.3 Å². The molecule has 0 amide bonds. The Hall–Kier alpha value is -1.15. The molecule has 2 rings (SSSR count). The molecule has 1 aliphatic rings. The van der Waals surface area contributed by atoms with Crippen LogP contribution in [0.2, 0.25) is 0 Å². The van der Waals surface area contributed by atoms with Gasteiger partial charge in [-0.3, -0.25) is 0 Å². The Bertz CT molecular complexity index is 500. The molecule has 1 saturated heterocycles. The Morgan fingerprint density at radius 2 is 2.24 bits per heavy atom. The summed E-state index contributed by atoms with van der Waals surface area (Å²) in [6, 6.07) is 1.94. The first kappa shape index (κ1) is 20.2. The fraction of sp³-hybridized carbons (Fsp3) is 0.722. The Morgan fingerprint density at radius 3 is 2.92 bits per heavy atom. The summed E-state index contributed by atoms with van der Waals surface area (Å²) in [5.74, 6) is 0.726. The minimum atomic E-state index is -0.950. The zero-order chi connectivity index (χ0) is 18.0. The summed E-state index contributed by atoms with van der Waals surface area (Å²) in [7, 11) is 0. The van der Waals surface area contributed by atoms with Gasteiger partial charge in [0, 0.05) is 32.9 Å². The minimum absolute atomic E-state index is 0.317. The summed E-state index contributed by atoms with van der Waals surface area (Å²) in [5.41, 5.74) is -0.0453.